The van der Waals surface area contributed by atoms with Crippen molar-refractivity contribution in [3.05, 3.63) is 59.1 Å². The summed E-state index contributed by atoms with van der Waals surface area (Å²) in [6.45, 7) is 2.51. The first-order chi connectivity index (χ1) is 12.6. The molecule has 0 fully saturated rings. The van der Waals surface area contributed by atoms with Crippen LogP contribution in [0.3, 0.4) is 0 Å². The van der Waals surface area contributed by atoms with Gasteiger partial charge in [-0.25, -0.2) is 4.79 Å². The van der Waals surface area contributed by atoms with Crippen LogP contribution < -0.4 is 10.1 Å². The lowest BCUT2D eigenvalue weighted by molar-refractivity contribution is 0.0602. The molecule has 26 heavy (non-hydrogen) atoms. The lowest BCUT2D eigenvalue weighted by Gasteiger charge is -2.07. The van der Waals surface area contributed by atoms with Crippen LogP contribution in [-0.4, -0.2) is 24.8 Å². The molecule has 1 N–H and O–H groups in total. The first kappa shape index (κ1) is 17.8. The van der Waals surface area contributed by atoms with Crippen LogP contribution in [0.2, 0.25) is 5.02 Å². The third kappa shape index (κ3) is 3.81. The van der Waals surface area contributed by atoms with Crippen molar-refractivity contribution in [3.63, 3.8) is 0 Å². The summed E-state index contributed by atoms with van der Waals surface area (Å²) in [7, 11) is 1.30. The van der Waals surface area contributed by atoms with E-state index in [-0.39, 0.29) is 11.4 Å². The Kier molecular flexibility index (Phi) is 5.43. The van der Waals surface area contributed by atoms with Crippen molar-refractivity contribution < 1.29 is 18.8 Å². The smallest absolute Gasteiger partial charge is 0.345 e. The highest BCUT2D eigenvalue weighted by atomic mass is 35.5. The summed E-state index contributed by atoms with van der Waals surface area (Å²) in [6, 6.07) is 14.3. The summed E-state index contributed by atoms with van der Waals surface area (Å²) in [5.41, 5.74) is 1.92. The van der Waals surface area contributed by atoms with Crippen LogP contribution in [0.4, 0.5) is 11.6 Å². The van der Waals surface area contributed by atoms with E-state index in [2.05, 4.69) is 10.5 Å². The molecule has 0 saturated carbocycles. The highest BCUT2D eigenvalue weighted by Gasteiger charge is 2.25. The Bertz CT molecular complexity index is 906. The SMILES string of the molecule is CCOc1ccc(Nc2onc(-c3cccc(Cl)c3)c2C(=O)OC)cc1. The number of hydrogen-bond donors (Lipinski definition) is 1. The molecule has 0 atom stereocenters. The maximum atomic E-state index is 12.3. The van der Waals surface area contributed by atoms with E-state index in [1.54, 1.807) is 24.3 Å². The predicted molar refractivity (Wildman–Crippen MR) is 99.2 cm³/mol. The molecule has 0 radical (unpaired) electrons. The van der Waals surface area contributed by atoms with Gasteiger partial charge in [0.25, 0.3) is 0 Å². The second-order valence-electron chi connectivity index (χ2n) is 5.32. The van der Waals surface area contributed by atoms with E-state index < -0.39 is 5.97 Å². The summed E-state index contributed by atoms with van der Waals surface area (Å²) >= 11 is 6.04. The molecule has 0 spiro atoms. The van der Waals surface area contributed by atoms with E-state index in [0.717, 1.165) is 5.75 Å². The molecule has 6 nitrogen and oxygen atoms in total. The van der Waals surface area contributed by atoms with Crippen molar-refractivity contribution in [1.29, 1.82) is 0 Å². The van der Waals surface area contributed by atoms with Gasteiger partial charge in [0.15, 0.2) is 5.56 Å². The van der Waals surface area contributed by atoms with Crippen LogP contribution in [0.1, 0.15) is 17.3 Å². The number of carbonyl (C=O) groups excluding carboxylic acids is 1. The average molecular weight is 373 g/mol. The first-order valence-corrected chi connectivity index (χ1v) is 8.34. The fraction of sp³-hybridized carbons (Fsp3) is 0.158. The zero-order chi connectivity index (χ0) is 18.5. The summed E-state index contributed by atoms with van der Waals surface area (Å²) in [5.74, 6) is 0.383. The molecule has 3 rings (SSSR count). The van der Waals surface area contributed by atoms with Gasteiger partial charge in [0.1, 0.15) is 11.4 Å². The second-order valence-corrected chi connectivity index (χ2v) is 5.76. The Balaban J connectivity index is 1.95. The number of carbonyl (C=O) groups is 1. The van der Waals surface area contributed by atoms with E-state index in [4.69, 9.17) is 25.6 Å². The lowest BCUT2D eigenvalue weighted by atomic mass is 10.1. The normalized spacial score (nSPS) is 10.4. The van der Waals surface area contributed by atoms with E-state index >= 15 is 0 Å². The fourth-order valence-electron chi connectivity index (χ4n) is 2.43. The standard InChI is InChI=1S/C19H17ClN2O4/c1-3-25-15-9-7-14(8-10-15)21-18-16(19(23)24-2)17(22-26-18)12-5-4-6-13(20)11-12/h4-11,21H,3H2,1-2H3. The summed E-state index contributed by atoms with van der Waals surface area (Å²) in [5, 5.41) is 7.59. The summed E-state index contributed by atoms with van der Waals surface area (Å²) < 4.78 is 15.7. The number of aromatic nitrogens is 1. The summed E-state index contributed by atoms with van der Waals surface area (Å²) in [4.78, 5) is 12.3. The molecule has 0 amide bonds. The highest BCUT2D eigenvalue weighted by molar-refractivity contribution is 6.30. The van der Waals surface area contributed by atoms with Crippen molar-refractivity contribution in [2.24, 2.45) is 0 Å². The van der Waals surface area contributed by atoms with E-state index in [0.29, 0.717) is 28.6 Å². The number of benzene rings is 2. The monoisotopic (exact) mass is 372 g/mol. The Labute approximate surface area is 155 Å². The van der Waals surface area contributed by atoms with Crippen LogP contribution in [0.5, 0.6) is 5.75 Å². The maximum absolute atomic E-state index is 12.3. The van der Waals surface area contributed by atoms with Gasteiger partial charge in [-0.15, -0.1) is 0 Å². The minimum Gasteiger partial charge on any atom is -0.494 e. The summed E-state index contributed by atoms with van der Waals surface area (Å²) in [6.07, 6.45) is 0. The van der Waals surface area contributed by atoms with Crippen LogP contribution >= 0.6 is 11.6 Å². The van der Waals surface area contributed by atoms with E-state index in [1.165, 1.54) is 7.11 Å². The molecule has 0 saturated heterocycles. The molecular weight excluding hydrogens is 356 g/mol. The van der Waals surface area contributed by atoms with Crippen LogP contribution in [0.15, 0.2) is 53.1 Å². The third-order valence-corrected chi connectivity index (χ3v) is 3.84. The Hall–Kier alpha value is -2.99. The fourth-order valence-corrected chi connectivity index (χ4v) is 2.62. The van der Waals surface area contributed by atoms with Crippen LogP contribution in [0.25, 0.3) is 11.3 Å². The molecule has 0 aliphatic rings. The minimum absolute atomic E-state index is 0.191. The highest BCUT2D eigenvalue weighted by Crippen LogP contribution is 2.32. The molecule has 1 aromatic heterocycles. The molecular formula is C19H17ClN2O4. The van der Waals surface area contributed by atoms with Gasteiger partial charge < -0.3 is 19.3 Å². The topological polar surface area (TPSA) is 73.6 Å². The molecule has 7 heteroatoms. The largest absolute Gasteiger partial charge is 0.494 e. The zero-order valence-electron chi connectivity index (χ0n) is 14.3. The zero-order valence-corrected chi connectivity index (χ0v) is 15.0. The first-order valence-electron chi connectivity index (χ1n) is 7.96. The molecule has 0 aliphatic carbocycles. The number of rotatable bonds is 6. The number of anilines is 2. The molecule has 0 bridgehead atoms. The minimum atomic E-state index is -0.560. The van der Waals surface area contributed by atoms with Gasteiger partial charge in [-0.3, -0.25) is 0 Å². The number of halogens is 1. The Morgan fingerprint density at radius 1 is 1.23 bits per heavy atom. The van der Waals surface area contributed by atoms with Crippen molar-refractivity contribution >= 4 is 29.1 Å². The van der Waals surface area contributed by atoms with Gasteiger partial charge in [-0.05, 0) is 43.3 Å². The van der Waals surface area contributed by atoms with Gasteiger partial charge in [0, 0.05) is 16.3 Å². The number of hydrogen-bond acceptors (Lipinski definition) is 6. The number of esters is 1. The second kappa shape index (κ2) is 7.93. The van der Waals surface area contributed by atoms with Gasteiger partial charge in [0.2, 0.25) is 5.88 Å². The van der Waals surface area contributed by atoms with Crippen molar-refractivity contribution in [2.45, 2.75) is 6.92 Å². The molecule has 1 heterocycles. The number of ether oxygens (including phenoxy) is 2. The molecule has 2 aromatic carbocycles. The Morgan fingerprint density at radius 3 is 2.65 bits per heavy atom. The molecule has 134 valence electrons. The molecule has 3 aromatic rings. The molecule has 0 unspecified atom stereocenters. The van der Waals surface area contributed by atoms with Gasteiger partial charge in [0.05, 0.1) is 13.7 Å². The van der Waals surface area contributed by atoms with Crippen molar-refractivity contribution in [3.8, 4) is 17.0 Å². The van der Waals surface area contributed by atoms with E-state index in [1.807, 2.05) is 31.2 Å². The average Bonchev–Trinajstić information content (AvgIpc) is 3.06. The lowest BCUT2D eigenvalue weighted by Crippen LogP contribution is -2.05. The predicted octanol–water partition coefficient (Wildman–Crippen LogP) is 4.92. The molecule has 0 aliphatic heterocycles. The number of nitrogens with one attached hydrogen (secondary N) is 1. The maximum Gasteiger partial charge on any atom is 0.345 e. The van der Waals surface area contributed by atoms with Crippen molar-refractivity contribution in [2.75, 3.05) is 19.0 Å². The quantitative estimate of drug-likeness (QED) is 0.619. The van der Waals surface area contributed by atoms with Gasteiger partial charge >= 0.3 is 5.97 Å². The third-order valence-electron chi connectivity index (χ3n) is 3.60. The Morgan fingerprint density at radius 2 is 2.00 bits per heavy atom. The van der Waals surface area contributed by atoms with Crippen molar-refractivity contribution in [1.82, 2.24) is 5.16 Å². The van der Waals surface area contributed by atoms with Gasteiger partial charge in [-0.2, -0.15) is 0 Å². The number of methoxy groups -OCH3 is 1. The van der Waals surface area contributed by atoms with Crippen LogP contribution in [0, 0.1) is 0 Å². The van der Waals surface area contributed by atoms with Gasteiger partial charge in [-0.1, -0.05) is 28.9 Å². The number of nitrogens with zero attached hydrogens (tertiary/aromatic N) is 1. The van der Waals surface area contributed by atoms with E-state index in [9.17, 15) is 4.79 Å². The van der Waals surface area contributed by atoms with Crippen LogP contribution in [-0.2, 0) is 4.74 Å².